The van der Waals surface area contributed by atoms with Crippen LogP contribution in [-0.4, -0.2) is 48.8 Å². The third-order valence-corrected chi connectivity index (χ3v) is 3.23. The lowest BCUT2D eigenvalue weighted by molar-refractivity contribution is -0.129. The molecule has 1 rings (SSSR count). The number of nitrogens with zero attached hydrogens (tertiary/aromatic N) is 2. The molecule has 0 aliphatic rings. The summed E-state index contributed by atoms with van der Waals surface area (Å²) >= 11 is 3.29. The fourth-order valence-corrected chi connectivity index (χ4v) is 1.91. The van der Waals surface area contributed by atoms with Gasteiger partial charge in [0, 0.05) is 30.8 Å². The molecule has 2 amide bonds. The number of nitrogen functional groups attached to an aromatic ring is 1. The number of nitrogens with two attached hydrogens (primary N) is 1. The average Bonchev–Trinajstić information content (AvgIpc) is 2.34. The van der Waals surface area contributed by atoms with E-state index in [1.54, 1.807) is 32.3 Å². The Bertz CT molecular complexity index is 489. The molecule has 0 aromatic heterocycles. The lowest BCUT2D eigenvalue weighted by Crippen LogP contribution is -2.40. The van der Waals surface area contributed by atoms with E-state index in [0.717, 1.165) is 4.47 Å². The minimum atomic E-state index is -0.234. The normalized spacial score (nSPS) is 10.1. The van der Waals surface area contributed by atoms with Crippen molar-refractivity contribution in [2.45, 2.75) is 6.92 Å². The van der Waals surface area contributed by atoms with Gasteiger partial charge in [0.05, 0.1) is 12.1 Å². The fraction of sp³-hybridized carbons (Fsp3) is 0.385. The van der Waals surface area contributed by atoms with Crippen LogP contribution in [0.2, 0.25) is 0 Å². The van der Waals surface area contributed by atoms with Gasteiger partial charge in [-0.25, -0.2) is 0 Å². The summed E-state index contributed by atoms with van der Waals surface area (Å²) in [4.78, 5) is 26.9. The van der Waals surface area contributed by atoms with E-state index < -0.39 is 0 Å². The number of hydrogen-bond acceptors (Lipinski definition) is 3. The quantitative estimate of drug-likeness (QED) is 0.854. The van der Waals surface area contributed by atoms with E-state index in [9.17, 15) is 9.59 Å². The van der Waals surface area contributed by atoms with Crippen molar-refractivity contribution in [2.75, 3.05) is 32.9 Å². The number of halogens is 1. The van der Waals surface area contributed by atoms with Gasteiger partial charge in [0.25, 0.3) is 5.91 Å². The Morgan fingerprint density at radius 3 is 2.42 bits per heavy atom. The second-order valence-electron chi connectivity index (χ2n) is 4.34. The first-order valence-corrected chi connectivity index (χ1v) is 6.70. The molecule has 0 aliphatic heterocycles. The molecule has 19 heavy (non-hydrogen) atoms. The number of carbonyl (C=O) groups excluding carboxylic acids is 2. The molecule has 0 unspecified atom stereocenters. The molecule has 2 N–H and O–H groups in total. The van der Waals surface area contributed by atoms with Gasteiger partial charge in [0.2, 0.25) is 5.91 Å². The van der Waals surface area contributed by atoms with Gasteiger partial charge < -0.3 is 15.5 Å². The predicted molar refractivity (Wildman–Crippen MR) is 78.8 cm³/mol. The second-order valence-corrected chi connectivity index (χ2v) is 5.25. The van der Waals surface area contributed by atoms with Crippen LogP contribution in [-0.2, 0) is 4.79 Å². The molecule has 0 radical (unpaired) electrons. The number of likely N-dealkylation sites (N-methyl/N-ethyl adjacent to an activating group) is 2. The second kappa shape index (κ2) is 6.56. The zero-order chi connectivity index (χ0) is 14.6. The van der Waals surface area contributed by atoms with Crippen molar-refractivity contribution in [1.82, 2.24) is 9.80 Å². The van der Waals surface area contributed by atoms with Gasteiger partial charge in [0.1, 0.15) is 0 Å². The Morgan fingerprint density at radius 2 is 1.95 bits per heavy atom. The highest BCUT2D eigenvalue weighted by atomic mass is 79.9. The van der Waals surface area contributed by atoms with Gasteiger partial charge >= 0.3 is 0 Å². The Kier molecular flexibility index (Phi) is 5.35. The number of rotatable bonds is 4. The van der Waals surface area contributed by atoms with Crippen molar-refractivity contribution in [3.05, 3.63) is 28.2 Å². The molecule has 0 atom stereocenters. The molecule has 0 bridgehead atoms. The van der Waals surface area contributed by atoms with Crippen molar-refractivity contribution >= 4 is 33.4 Å². The van der Waals surface area contributed by atoms with Gasteiger partial charge in [0.15, 0.2) is 0 Å². The number of carbonyl (C=O) groups is 2. The summed E-state index contributed by atoms with van der Waals surface area (Å²) in [7, 11) is 3.32. The highest BCUT2D eigenvalue weighted by Crippen LogP contribution is 2.20. The van der Waals surface area contributed by atoms with Gasteiger partial charge in [-0.1, -0.05) is 15.9 Å². The standard InChI is InChI=1S/C13H18BrN3O2/c1-4-17(8-12(18)16(2)3)13(19)10-6-5-9(14)7-11(10)15/h5-7H,4,8,15H2,1-3H3. The fourth-order valence-electron chi connectivity index (χ4n) is 1.53. The predicted octanol–water partition coefficient (Wildman–Crippen LogP) is 1.58. The van der Waals surface area contributed by atoms with E-state index in [1.165, 1.54) is 9.80 Å². The van der Waals surface area contributed by atoms with E-state index in [1.807, 2.05) is 6.92 Å². The highest BCUT2D eigenvalue weighted by molar-refractivity contribution is 9.10. The van der Waals surface area contributed by atoms with Gasteiger partial charge in [-0.2, -0.15) is 0 Å². The van der Waals surface area contributed by atoms with Crippen molar-refractivity contribution in [3.8, 4) is 0 Å². The summed E-state index contributed by atoms with van der Waals surface area (Å²) in [6, 6.07) is 5.09. The molecule has 0 saturated heterocycles. The van der Waals surface area contributed by atoms with E-state index in [0.29, 0.717) is 17.8 Å². The lowest BCUT2D eigenvalue weighted by atomic mass is 10.1. The van der Waals surface area contributed by atoms with Crippen LogP contribution < -0.4 is 5.73 Å². The van der Waals surface area contributed by atoms with Gasteiger partial charge in [-0.05, 0) is 25.1 Å². The van der Waals surface area contributed by atoms with Crippen LogP contribution >= 0.6 is 15.9 Å². The SMILES string of the molecule is CCN(CC(=O)N(C)C)C(=O)c1ccc(Br)cc1N. The zero-order valence-corrected chi connectivity index (χ0v) is 12.9. The summed E-state index contributed by atoms with van der Waals surface area (Å²) in [5, 5.41) is 0. The van der Waals surface area contributed by atoms with E-state index >= 15 is 0 Å². The van der Waals surface area contributed by atoms with Crippen LogP contribution in [0.25, 0.3) is 0 Å². The highest BCUT2D eigenvalue weighted by Gasteiger charge is 2.20. The first-order chi connectivity index (χ1) is 8.86. The summed E-state index contributed by atoms with van der Waals surface area (Å²) in [6.07, 6.45) is 0. The molecule has 1 aromatic carbocycles. The van der Waals surface area contributed by atoms with Crippen LogP contribution in [0, 0.1) is 0 Å². The molecule has 0 fully saturated rings. The number of amides is 2. The van der Waals surface area contributed by atoms with E-state index in [2.05, 4.69) is 15.9 Å². The smallest absolute Gasteiger partial charge is 0.256 e. The number of benzene rings is 1. The number of anilines is 1. The van der Waals surface area contributed by atoms with Crippen LogP contribution in [0.5, 0.6) is 0 Å². The van der Waals surface area contributed by atoms with Crippen LogP contribution in [0.4, 0.5) is 5.69 Å². The van der Waals surface area contributed by atoms with E-state index in [-0.39, 0.29) is 18.4 Å². The lowest BCUT2D eigenvalue weighted by Gasteiger charge is -2.23. The van der Waals surface area contributed by atoms with Crippen molar-refractivity contribution in [3.63, 3.8) is 0 Å². The van der Waals surface area contributed by atoms with Crippen molar-refractivity contribution in [1.29, 1.82) is 0 Å². The summed E-state index contributed by atoms with van der Waals surface area (Å²) < 4.78 is 0.814. The molecule has 104 valence electrons. The molecule has 0 aliphatic carbocycles. The molecule has 0 heterocycles. The molecule has 0 spiro atoms. The van der Waals surface area contributed by atoms with Crippen LogP contribution in [0.3, 0.4) is 0 Å². The van der Waals surface area contributed by atoms with Crippen molar-refractivity contribution in [2.24, 2.45) is 0 Å². The van der Waals surface area contributed by atoms with Gasteiger partial charge in [-0.15, -0.1) is 0 Å². The Hall–Kier alpha value is -1.56. The molecular formula is C13H18BrN3O2. The van der Waals surface area contributed by atoms with Crippen LogP contribution in [0.1, 0.15) is 17.3 Å². The molecule has 0 saturated carbocycles. The molecule has 1 aromatic rings. The maximum absolute atomic E-state index is 12.3. The monoisotopic (exact) mass is 327 g/mol. The Morgan fingerprint density at radius 1 is 1.32 bits per heavy atom. The Balaban J connectivity index is 2.92. The summed E-state index contributed by atoms with van der Waals surface area (Å²) in [5.41, 5.74) is 6.64. The zero-order valence-electron chi connectivity index (χ0n) is 11.3. The first kappa shape index (κ1) is 15.5. The minimum absolute atomic E-state index is 0.0534. The topological polar surface area (TPSA) is 66.6 Å². The van der Waals surface area contributed by atoms with Crippen molar-refractivity contribution < 1.29 is 9.59 Å². The Labute approximate surface area is 121 Å². The average molecular weight is 328 g/mol. The molecule has 6 heteroatoms. The third kappa shape index (κ3) is 3.96. The maximum atomic E-state index is 12.3. The molecule has 5 nitrogen and oxygen atoms in total. The van der Waals surface area contributed by atoms with Crippen LogP contribution in [0.15, 0.2) is 22.7 Å². The largest absolute Gasteiger partial charge is 0.398 e. The van der Waals surface area contributed by atoms with Gasteiger partial charge in [-0.3, -0.25) is 9.59 Å². The third-order valence-electron chi connectivity index (χ3n) is 2.74. The first-order valence-electron chi connectivity index (χ1n) is 5.91. The van der Waals surface area contributed by atoms with E-state index in [4.69, 9.17) is 5.73 Å². The summed E-state index contributed by atoms with van der Waals surface area (Å²) in [5.74, 6) is -0.353. The maximum Gasteiger partial charge on any atom is 0.256 e. The minimum Gasteiger partial charge on any atom is -0.398 e. The summed E-state index contributed by atoms with van der Waals surface area (Å²) in [6.45, 7) is 2.33. The number of hydrogen-bond donors (Lipinski definition) is 1. The molecular weight excluding hydrogens is 310 g/mol.